The Hall–Kier alpha value is -3.31. The van der Waals surface area contributed by atoms with Crippen molar-refractivity contribution in [3.05, 3.63) is 51.3 Å². The summed E-state index contributed by atoms with van der Waals surface area (Å²) in [7, 11) is 0. The molecule has 0 saturated heterocycles. The topological polar surface area (TPSA) is 91.3 Å². The van der Waals surface area contributed by atoms with Gasteiger partial charge in [0, 0.05) is 6.07 Å². The SMILES string of the molecule is O=[N+]([O-])c1ccc(Oc2c(F)c(F)c(F)c(F)c2F)c2nonc12. The van der Waals surface area contributed by atoms with Gasteiger partial charge in [-0.25, -0.2) is 17.8 Å². The zero-order valence-electron chi connectivity index (χ0n) is 11.0. The first kappa shape index (κ1) is 15.6. The summed E-state index contributed by atoms with van der Waals surface area (Å²) in [5, 5.41) is 17.3. The van der Waals surface area contributed by atoms with Gasteiger partial charge in [0.1, 0.15) is 0 Å². The third kappa shape index (κ3) is 2.19. The van der Waals surface area contributed by atoms with E-state index in [2.05, 4.69) is 19.7 Å². The second kappa shape index (κ2) is 5.40. The number of non-ortho nitro benzene ring substituents is 1. The Morgan fingerprint density at radius 1 is 0.917 bits per heavy atom. The van der Waals surface area contributed by atoms with Gasteiger partial charge in [-0.2, -0.15) is 8.78 Å². The van der Waals surface area contributed by atoms with Gasteiger partial charge in [-0.3, -0.25) is 10.1 Å². The third-order valence-electron chi connectivity index (χ3n) is 2.94. The number of rotatable bonds is 3. The monoisotopic (exact) mass is 347 g/mol. The fourth-order valence-electron chi connectivity index (χ4n) is 1.84. The molecule has 3 aromatic rings. The summed E-state index contributed by atoms with van der Waals surface area (Å²) in [4.78, 5) is 9.97. The Labute approximate surface area is 127 Å². The van der Waals surface area contributed by atoms with Gasteiger partial charge in [-0.1, -0.05) is 0 Å². The second-order valence-electron chi connectivity index (χ2n) is 4.30. The van der Waals surface area contributed by atoms with Crippen LogP contribution in [0, 0.1) is 39.2 Å². The van der Waals surface area contributed by atoms with E-state index in [0.29, 0.717) is 0 Å². The van der Waals surface area contributed by atoms with Crippen LogP contribution in [0.3, 0.4) is 0 Å². The van der Waals surface area contributed by atoms with Gasteiger partial charge in [0.05, 0.1) is 4.92 Å². The lowest BCUT2D eigenvalue weighted by molar-refractivity contribution is -0.383. The molecular weight excluding hydrogens is 345 g/mol. The third-order valence-corrected chi connectivity index (χ3v) is 2.94. The maximum absolute atomic E-state index is 13.6. The maximum atomic E-state index is 13.6. The number of nitro groups is 1. The number of ether oxygens (including phenoxy) is 1. The Balaban J connectivity index is 2.17. The van der Waals surface area contributed by atoms with Crippen molar-refractivity contribution in [2.45, 2.75) is 0 Å². The number of halogens is 5. The van der Waals surface area contributed by atoms with E-state index in [9.17, 15) is 32.1 Å². The average Bonchev–Trinajstić information content (AvgIpc) is 3.04. The predicted molar refractivity (Wildman–Crippen MR) is 64.8 cm³/mol. The van der Waals surface area contributed by atoms with Crippen LogP contribution in [0.1, 0.15) is 0 Å². The summed E-state index contributed by atoms with van der Waals surface area (Å²) in [5.74, 6) is -13.3. The molecule has 3 rings (SSSR count). The molecule has 0 radical (unpaired) electrons. The van der Waals surface area contributed by atoms with Crippen LogP contribution < -0.4 is 4.74 Å². The lowest BCUT2D eigenvalue weighted by atomic mass is 10.2. The largest absolute Gasteiger partial charge is 0.448 e. The first-order chi connectivity index (χ1) is 11.3. The van der Waals surface area contributed by atoms with Crippen LogP contribution >= 0.6 is 0 Å². The van der Waals surface area contributed by atoms with Gasteiger partial charge in [0.2, 0.25) is 40.4 Å². The smallest absolute Gasteiger partial charge is 0.301 e. The van der Waals surface area contributed by atoms with Gasteiger partial charge in [0.25, 0.3) is 0 Å². The van der Waals surface area contributed by atoms with Crippen molar-refractivity contribution < 1.29 is 36.2 Å². The van der Waals surface area contributed by atoms with Crippen LogP contribution in [0.25, 0.3) is 11.0 Å². The first-order valence-electron chi connectivity index (χ1n) is 5.91. The first-order valence-corrected chi connectivity index (χ1v) is 5.91. The number of hydrogen-bond donors (Lipinski definition) is 0. The minimum atomic E-state index is -2.35. The van der Waals surface area contributed by atoms with Crippen LogP contribution in [0.4, 0.5) is 27.6 Å². The van der Waals surface area contributed by atoms with Gasteiger partial charge in [0.15, 0.2) is 11.3 Å². The Kier molecular flexibility index (Phi) is 3.51. The van der Waals surface area contributed by atoms with Crippen molar-refractivity contribution in [1.29, 1.82) is 0 Å². The normalized spacial score (nSPS) is 11.0. The number of aromatic nitrogens is 2. The Morgan fingerprint density at radius 2 is 1.46 bits per heavy atom. The molecule has 124 valence electrons. The number of nitro benzene ring substituents is 1. The molecule has 0 aliphatic rings. The summed E-state index contributed by atoms with van der Waals surface area (Å²) >= 11 is 0. The highest BCUT2D eigenvalue weighted by molar-refractivity contribution is 5.88. The van der Waals surface area contributed by atoms with Crippen molar-refractivity contribution >= 4 is 16.7 Å². The minimum absolute atomic E-state index is 0.429. The molecule has 12 heteroatoms. The van der Waals surface area contributed by atoms with Crippen LogP contribution in [0.15, 0.2) is 16.8 Å². The zero-order chi connectivity index (χ0) is 17.6. The van der Waals surface area contributed by atoms with E-state index >= 15 is 0 Å². The van der Waals surface area contributed by atoms with Crippen molar-refractivity contribution in [3.63, 3.8) is 0 Å². The summed E-state index contributed by atoms with van der Waals surface area (Å²) in [6.45, 7) is 0. The second-order valence-corrected chi connectivity index (χ2v) is 4.30. The number of benzene rings is 2. The molecule has 7 nitrogen and oxygen atoms in total. The van der Waals surface area contributed by atoms with Gasteiger partial charge in [-0.05, 0) is 16.4 Å². The summed E-state index contributed by atoms with van der Waals surface area (Å²) in [6.07, 6.45) is 0. The van der Waals surface area contributed by atoms with Gasteiger partial charge < -0.3 is 4.74 Å². The minimum Gasteiger partial charge on any atom is -0.448 e. The van der Waals surface area contributed by atoms with E-state index < -0.39 is 62.2 Å². The zero-order valence-corrected chi connectivity index (χ0v) is 11.0. The maximum Gasteiger partial charge on any atom is 0.301 e. The van der Waals surface area contributed by atoms with Crippen molar-refractivity contribution in [3.8, 4) is 11.5 Å². The van der Waals surface area contributed by atoms with E-state index in [1.165, 1.54) is 0 Å². The number of hydrogen-bond acceptors (Lipinski definition) is 6. The molecule has 0 amide bonds. The summed E-state index contributed by atoms with van der Waals surface area (Å²) < 4.78 is 75.5. The molecule has 0 atom stereocenters. The highest BCUT2D eigenvalue weighted by Gasteiger charge is 2.29. The molecule has 0 spiro atoms. The molecule has 0 bridgehead atoms. The molecule has 2 aromatic carbocycles. The van der Waals surface area contributed by atoms with Gasteiger partial charge >= 0.3 is 5.69 Å². The van der Waals surface area contributed by atoms with E-state index in [4.69, 9.17) is 0 Å². The molecule has 0 saturated carbocycles. The Morgan fingerprint density at radius 3 is 2.04 bits per heavy atom. The average molecular weight is 347 g/mol. The lowest BCUT2D eigenvalue weighted by Crippen LogP contribution is -2.04. The van der Waals surface area contributed by atoms with E-state index in [-0.39, 0.29) is 0 Å². The highest BCUT2D eigenvalue weighted by atomic mass is 19.2. The molecule has 1 aromatic heterocycles. The van der Waals surface area contributed by atoms with Crippen LogP contribution in [0.2, 0.25) is 0 Å². The predicted octanol–water partition coefficient (Wildman–Crippen LogP) is 3.62. The molecule has 0 unspecified atom stereocenters. The van der Waals surface area contributed by atoms with E-state index in [1.807, 2.05) is 0 Å². The lowest BCUT2D eigenvalue weighted by Gasteiger charge is -2.09. The molecule has 0 aliphatic carbocycles. The standard InChI is InChI=1S/C12H2F5N3O4/c13-5-6(14)8(16)12(9(17)7(5)15)23-4-2-1-3(20(21)22)10-11(4)19-24-18-10/h1-2H. The van der Waals surface area contributed by atoms with Crippen LogP contribution in [-0.2, 0) is 0 Å². The van der Waals surface area contributed by atoms with Crippen molar-refractivity contribution in [2.75, 3.05) is 0 Å². The fourth-order valence-corrected chi connectivity index (χ4v) is 1.84. The number of nitrogens with zero attached hydrogens (tertiary/aromatic N) is 3. The molecule has 0 aliphatic heterocycles. The van der Waals surface area contributed by atoms with Crippen molar-refractivity contribution in [2.24, 2.45) is 0 Å². The van der Waals surface area contributed by atoms with Crippen LogP contribution in [0.5, 0.6) is 11.5 Å². The molecular formula is C12H2F5N3O4. The summed E-state index contributed by atoms with van der Waals surface area (Å²) in [6, 6.07) is 1.69. The van der Waals surface area contributed by atoms with E-state index in [1.54, 1.807) is 0 Å². The fraction of sp³-hybridized carbons (Fsp3) is 0. The molecule has 24 heavy (non-hydrogen) atoms. The highest BCUT2D eigenvalue weighted by Crippen LogP contribution is 2.37. The van der Waals surface area contributed by atoms with Gasteiger partial charge in [-0.15, -0.1) is 0 Å². The van der Waals surface area contributed by atoms with E-state index in [0.717, 1.165) is 12.1 Å². The van der Waals surface area contributed by atoms with Crippen LogP contribution in [-0.4, -0.2) is 15.2 Å². The number of fused-ring (bicyclic) bond motifs is 1. The quantitative estimate of drug-likeness (QED) is 0.236. The molecule has 0 N–H and O–H groups in total. The Bertz CT molecular complexity index is 961. The molecule has 1 heterocycles. The van der Waals surface area contributed by atoms with Crippen molar-refractivity contribution in [1.82, 2.24) is 10.3 Å². The molecule has 0 fully saturated rings. The summed E-state index contributed by atoms with van der Waals surface area (Å²) in [5.41, 5.74) is -1.43.